The van der Waals surface area contributed by atoms with E-state index in [2.05, 4.69) is 5.32 Å². The van der Waals surface area contributed by atoms with Crippen LogP contribution in [0.5, 0.6) is 23.0 Å². The van der Waals surface area contributed by atoms with Crippen LogP contribution in [0.2, 0.25) is 0 Å². The highest BCUT2D eigenvalue weighted by Gasteiger charge is 2.24. The summed E-state index contributed by atoms with van der Waals surface area (Å²) < 4.78 is 46.5. The molecule has 1 N–H and O–H groups in total. The molecular formula is C20H26N2O7S. The molecule has 0 aliphatic rings. The zero-order valence-corrected chi connectivity index (χ0v) is 18.2. The SMILES string of the molecule is COc1ccc(OCCNC(=O)CN(c2ccc(OC)cc2OC)S(C)(=O)=O)cc1. The third-order valence-electron chi connectivity index (χ3n) is 4.10. The van der Waals surface area contributed by atoms with Crippen LogP contribution in [-0.2, 0) is 14.8 Å². The van der Waals surface area contributed by atoms with Crippen LogP contribution in [0.4, 0.5) is 5.69 Å². The Bertz CT molecular complexity index is 946. The first-order valence-electron chi connectivity index (χ1n) is 9.01. The normalized spacial score (nSPS) is 10.8. The lowest BCUT2D eigenvalue weighted by atomic mass is 10.2. The lowest BCUT2D eigenvalue weighted by molar-refractivity contribution is -0.119. The number of hydrogen-bond acceptors (Lipinski definition) is 7. The molecule has 0 fully saturated rings. The minimum Gasteiger partial charge on any atom is -0.497 e. The quantitative estimate of drug-likeness (QED) is 0.532. The lowest BCUT2D eigenvalue weighted by Crippen LogP contribution is -2.41. The second-order valence-corrected chi connectivity index (χ2v) is 8.09. The number of anilines is 1. The Labute approximate surface area is 176 Å². The van der Waals surface area contributed by atoms with Crippen LogP contribution in [-0.4, -0.2) is 61.6 Å². The number of nitrogens with one attached hydrogen (secondary N) is 1. The van der Waals surface area contributed by atoms with E-state index in [1.807, 2.05) is 0 Å². The molecule has 2 aromatic carbocycles. The molecule has 0 aromatic heterocycles. The van der Waals surface area contributed by atoms with E-state index in [4.69, 9.17) is 18.9 Å². The zero-order valence-electron chi connectivity index (χ0n) is 17.4. The molecule has 0 heterocycles. The number of nitrogens with zero attached hydrogens (tertiary/aromatic N) is 1. The van der Waals surface area contributed by atoms with Crippen molar-refractivity contribution in [1.82, 2.24) is 5.32 Å². The predicted octanol–water partition coefficient (Wildman–Crippen LogP) is 1.67. The average molecular weight is 439 g/mol. The fourth-order valence-electron chi connectivity index (χ4n) is 2.59. The van der Waals surface area contributed by atoms with E-state index in [-0.39, 0.29) is 24.6 Å². The minimum absolute atomic E-state index is 0.211. The number of ether oxygens (including phenoxy) is 4. The zero-order chi connectivity index (χ0) is 22.1. The first-order valence-corrected chi connectivity index (χ1v) is 10.9. The molecule has 0 radical (unpaired) electrons. The van der Waals surface area contributed by atoms with Crippen LogP contribution in [0.3, 0.4) is 0 Å². The van der Waals surface area contributed by atoms with Crippen molar-refractivity contribution in [3.8, 4) is 23.0 Å². The van der Waals surface area contributed by atoms with Gasteiger partial charge >= 0.3 is 0 Å². The van der Waals surface area contributed by atoms with Crippen molar-refractivity contribution >= 4 is 21.6 Å². The van der Waals surface area contributed by atoms with E-state index in [0.29, 0.717) is 17.2 Å². The summed E-state index contributed by atoms with van der Waals surface area (Å²) in [5.41, 5.74) is 0.241. The predicted molar refractivity (Wildman–Crippen MR) is 113 cm³/mol. The number of carbonyl (C=O) groups is 1. The van der Waals surface area contributed by atoms with Crippen molar-refractivity contribution in [2.75, 3.05) is 51.6 Å². The third-order valence-corrected chi connectivity index (χ3v) is 5.22. The molecule has 0 spiro atoms. The van der Waals surface area contributed by atoms with Gasteiger partial charge in [-0.2, -0.15) is 0 Å². The molecule has 0 unspecified atom stereocenters. The molecule has 0 atom stereocenters. The van der Waals surface area contributed by atoms with Gasteiger partial charge < -0.3 is 24.3 Å². The highest BCUT2D eigenvalue weighted by molar-refractivity contribution is 7.92. The summed E-state index contributed by atoms with van der Waals surface area (Å²) in [7, 11) is 0.742. The van der Waals surface area contributed by atoms with Gasteiger partial charge in [0.15, 0.2) is 0 Å². The van der Waals surface area contributed by atoms with Crippen LogP contribution in [0, 0.1) is 0 Å². The third kappa shape index (κ3) is 6.45. The van der Waals surface area contributed by atoms with Gasteiger partial charge in [0.25, 0.3) is 0 Å². The summed E-state index contributed by atoms with van der Waals surface area (Å²) in [6.45, 7) is 0.0368. The number of benzene rings is 2. The molecule has 10 heteroatoms. The number of hydrogen-bond donors (Lipinski definition) is 1. The molecular weight excluding hydrogens is 412 g/mol. The van der Waals surface area contributed by atoms with Crippen molar-refractivity contribution in [3.05, 3.63) is 42.5 Å². The Morgan fingerprint density at radius 1 is 0.933 bits per heavy atom. The maximum absolute atomic E-state index is 12.3. The van der Waals surface area contributed by atoms with Gasteiger partial charge in [0.05, 0.1) is 39.8 Å². The first-order chi connectivity index (χ1) is 14.3. The summed E-state index contributed by atoms with van der Waals surface area (Å²) in [5, 5.41) is 2.65. The van der Waals surface area contributed by atoms with Crippen molar-refractivity contribution in [3.63, 3.8) is 0 Å². The Hall–Kier alpha value is -3.14. The van der Waals surface area contributed by atoms with Gasteiger partial charge in [-0.15, -0.1) is 0 Å². The van der Waals surface area contributed by atoms with Gasteiger partial charge in [0.1, 0.15) is 36.1 Å². The maximum Gasteiger partial charge on any atom is 0.240 e. The molecule has 0 bridgehead atoms. The Morgan fingerprint density at radius 3 is 2.10 bits per heavy atom. The van der Waals surface area contributed by atoms with Gasteiger partial charge in [-0.1, -0.05) is 0 Å². The number of rotatable bonds is 11. The Morgan fingerprint density at radius 2 is 1.53 bits per heavy atom. The van der Waals surface area contributed by atoms with Crippen molar-refractivity contribution in [2.24, 2.45) is 0 Å². The lowest BCUT2D eigenvalue weighted by Gasteiger charge is -2.24. The molecule has 164 valence electrons. The maximum atomic E-state index is 12.3. The number of methoxy groups -OCH3 is 3. The average Bonchev–Trinajstić information content (AvgIpc) is 2.74. The summed E-state index contributed by atoms with van der Waals surface area (Å²) in [5.74, 6) is 1.65. The highest BCUT2D eigenvalue weighted by Crippen LogP contribution is 2.33. The van der Waals surface area contributed by atoms with E-state index >= 15 is 0 Å². The second kappa shape index (κ2) is 10.6. The summed E-state index contributed by atoms with van der Waals surface area (Å²) >= 11 is 0. The smallest absolute Gasteiger partial charge is 0.240 e. The van der Waals surface area contributed by atoms with Gasteiger partial charge in [-0.25, -0.2) is 8.42 Å². The second-order valence-electron chi connectivity index (χ2n) is 6.18. The number of amides is 1. The molecule has 9 nitrogen and oxygen atoms in total. The van der Waals surface area contributed by atoms with Crippen LogP contribution >= 0.6 is 0 Å². The fraction of sp³-hybridized carbons (Fsp3) is 0.350. The largest absolute Gasteiger partial charge is 0.497 e. The summed E-state index contributed by atoms with van der Waals surface area (Å²) in [6, 6.07) is 11.7. The van der Waals surface area contributed by atoms with E-state index in [0.717, 1.165) is 10.6 Å². The van der Waals surface area contributed by atoms with Gasteiger partial charge in [0.2, 0.25) is 15.9 Å². The molecule has 0 saturated heterocycles. The Balaban J connectivity index is 1.97. The molecule has 0 saturated carbocycles. The molecule has 2 rings (SSSR count). The minimum atomic E-state index is -3.74. The number of carbonyl (C=O) groups excluding carboxylic acids is 1. The molecule has 1 amide bonds. The van der Waals surface area contributed by atoms with Crippen LogP contribution in [0.25, 0.3) is 0 Å². The van der Waals surface area contributed by atoms with Crippen molar-refractivity contribution in [2.45, 2.75) is 0 Å². The van der Waals surface area contributed by atoms with Crippen molar-refractivity contribution < 1.29 is 32.2 Å². The molecule has 0 aliphatic heterocycles. The first kappa shape index (κ1) is 23.1. The van der Waals surface area contributed by atoms with E-state index in [9.17, 15) is 13.2 Å². The number of sulfonamides is 1. The van der Waals surface area contributed by atoms with E-state index in [1.54, 1.807) is 43.5 Å². The monoisotopic (exact) mass is 438 g/mol. The van der Waals surface area contributed by atoms with Gasteiger partial charge in [-0.3, -0.25) is 9.10 Å². The standard InChI is InChI=1S/C20H26N2O7S/c1-26-15-5-7-16(8-6-15)29-12-11-21-20(23)14-22(30(4,24)25)18-10-9-17(27-2)13-19(18)28-3/h5-10,13H,11-12,14H2,1-4H3,(H,21,23). The summed E-state index contributed by atoms with van der Waals surface area (Å²) in [6.07, 6.45) is 1.02. The van der Waals surface area contributed by atoms with Crippen LogP contribution in [0.1, 0.15) is 0 Å². The van der Waals surface area contributed by atoms with Crippen LogP contribution < -0.4 is 28.6 Å². The van der Waals surface area contributed by atoms with E-state index < -0.39 is 22.5 Å². The van der Waals surface area contributed by atoms with Gasteiger partial charge in [0, 0.05) is 6.07 Å². The van der Waals surface area contributed by atoms with E-state index in [1.165, 1.54) is 20.3 Å². The fourth-order valence-corrected chi connectivity index (χ4v) is 3.45. The molecule has 0 aliphatic carbocycles. The molecule has 2 aromatic rings. The Kier molecular flexibility index (Phi) is 8.16. The van der Waals surface area contributed by atoms with Crippen LogP contribution in [0.15, 0.2) is 42.5 Å². The molecule has 30 heavy (non-hydrogen) atoms. The van der Waals surface area contributed by atoms with Crippen molar-refractivity contribution in [1.29, 1.82) is 0 Å². The van der Waals surface area contributed by atoms with Gasteiger partial charge in [-0.05, 0) is 36.4 Å². The summed E-state index contributed by atoms with van der Waals surface area (Å²) in [4.78, 5) is 12.3. The topological polar surface area (TPSA) is 103 Å². The highest BCUT2D eigenvalue weighted by atomic mass is 32.2.